The molecule has 0 unspecified atom stereocenters. The van der Waals surface area contributed by atoms with Crippen LogP contribution in [0.2, 0.25) is 0 Å². The van der Waals surface area contributed by atoms with Gasteiger partial charge in [-0.2, -0.15) is 8.42 Å². The van der Waals surface area contributed by atoms with E-state index in [-0.39, 0.29) is 37.4 Å². The normalized spacial score (nSPS) is 12.4. The molecule has 0 fully saturated rings. The van der Waals surface area contributed by atoms with Crippen molar-refractivity contribution in [1.82, 2.24) is 0 Å². The van der Waals surface area contributed by atoms with Gasteiger partial charge in [-0.25, -0.2) is 0 Å². The molecule has 1 rings (SSSR count). The molecule has 188 valence electrons. The number of benzene rings is 1. The summed E-state index contributed by atoms with van der Waals surface area (Å²) in [4.78, 5) is 0.102. The third kappa shape index (κ3) is 15.8. The molecule has 0 N–H and O–H groups in total. The topological polar surface area (TPSA) is 80.3 Å². The molecule has 0 saturated heterocycles. The highest BCUT2D eigenvalue weighted by atomic mass is 79.9. The first-order valence-electron chi connectivity index (χ1n) is 10.3. The van der Waals surface area contributed by atoms with E-state index in [4.69, 9.17) is 36.0 Å². The van der Waals surface area contributed by atoms with Crippen LogP contribution in [0.1, 0.15) is 5.56 Å². The highest BCUT2D eigenvalue weighted by Gasteiger charge is 2.19. The monoisotopic (exact) mass is 556 g/mol. The molecule has 9 heteroatoms. The summed E-state index contributed by atoms with van der Waals surface area (Å²) in [5.41, 5.74) is 0.967. The van der Waals surface area contributed by atoms with Crippen LogP contribution in [0.5, 0.6) is 0 Å². The zero-order valence-corrected chi connectivity index (χ0v) is 21.9. The Kier molecular flexibility index (Phi) is 19.3. The predicted octanol–water partition coefficient (Wildman–Crippen LogP) is 3.52. The van der Waals surface area contributed by atoms with Gasteiger partial charge >= 0.3 is 0 Å². The number of terminal acetylenes is 2. The molecule has 34 heavy (non-hydrogen) atoms. The smallest absolute Gasteiger partial charge is 0.297 e. The Bertz CT molecular complexity index is 870. The zero-order chi connectivity index (χ0) is 25.7. The van der Waals surface area contributed by atoms with Crippen molar-refractivity contribution >= 4 is 26.0 Å². The largest absolute Gasteiger partial charge is 0.371 e. The summed E-state index contributed by atoms with van der Waals surface area (Å²) in [5.74, 6) is 4.72. The molecule has 0 amide bonds. The van der Waals surface area contributed by atoms with Gasteiger partial charge in [-0.1, -0.05) is 57.6 Å². The molecule has 0 aliphatic carbocycles. The van der Waals surface area contributed by atoms with Gasteiger partial charge in [-0.05, 0) is 19.1 Å². The molecule has 0 bridgehead atoms. The van der Waals surface area contributed by atoms with Crippen molar-refractivity contribution in [2.24, 2.45) is 0 Å². The van der Waals surface area contributed by atoms with Crippen molar-refractivity contribution < 1.29 is 31.5 Å². The summed E-state index contributed by atoms with van der Waals surface area (Å²) < 4.78 is 50.2. The minimum Gasteiger partial charge on any atom is -0.371 e. The van der Waals surface area contributed by atoms with Crippen LogP contribution in [-0.2, 0) is 33.2 Å². The number of ether oxygens (including phenoxy) is 4. The van der Waals surface area contributed by atoms with E-state index in [1.54, 1.807) is 24.3 Å². The molecule has 0 saturated carbocycles. The summed E-state index contributed by atoms with van der Waals surface area (Å²) >= 11 is 3.31. The maximum absolute atomic E-state index is 12.1. The lowest BCUT2D eigenvalue weighted by atomic mass is 10.2. The van der Waals surface area contributed by atoms with Crippen molar-refractivity contribution in [3.8, 4) is 24.7 Å². The first kappa shape index (κ1) is 32.0. The van der Waals surface area contributed by atoms with Gasteiger partial charge in [0.1, 0.15) is 19.3 Å². The molecule has 0 spiro atoms. The number of rotatable bonds is 17. The van der Waals surface area contributed by atoms with E-state index in [9.17, 15) is 8.42 Å². The molecule has 2 atom stereocenters. The second-order valence-corrected chi connectivity index (χ2v) is 8.90. The lowest BCUT2D eigenvalue weighted by Crippen LogP contribution is -2.27. The third-order valence-electron chi connectivity index (χ3n) is 3.77. The average Bonchev–Trinajstić information content (AvgIpc) is 2.83. The second-order valence-electron chi connectivity index (χ2n) is 6.63. The SMILES string of the molecule is C#CCOC[C@H](CBr)OCC=C.C#CCOC[C@H](COS(=O)(=O)c1ccc(C)cc1)OCC=C. The van der Waals surface area contributed by atoms with Crippen molar-refractivity contribution in [2.45, 2.75) is 24.0 Å². The first-order chi connectivity index (χ1) is 16.3. The molecule has 1 aromatic rings. The first-order valence-corrected chi connectivity index (χ1v) is 12.9. The van der Waals surface area contributed by atoms with Gasteiger partial charge in [0.15, 0.2) is 0 Å². The van der Waals surface area contributed by atoms with E-state index in [0.29, 0.717) is 19.8 Å². The maximum Gasteiger partial charge on any atom is 0.297 e. The molecule has 0 heterocycles. The van der Waals surface area contributed by atoms with Crippen molar-refractivity contribution in [3.05, 3.63) is 55.1 Å². The Balaban J connectivity index is 0.000000770. The van der Waals surface area contributed by atoms with Gasteiger partial charge in [0.2, 0.25) is 0 Å². The van der Waals surface area contributed by atoms with Crippen LogP contribution < -0.4 is 0 Å². The van der Waals surface area contributed by atoms with Gasteiger partial charge in [-0.15, -0.1) is 26.0 Å². The lowest BCUT2D eigenvalue weighted by Gasteiger charge is -2.16. The molecule has 7 nitrogen and oxygen atoms in total. The van der Waals surface area contributed by atoms with Crippen molar-refractivity contribution in [3.63, 3.8) is 0 Å². The minimum atomic E-state index is -3.83. The third-order valence-corrected chi connectivity index (χ3v) is 5.79. The van der Waals surface area contributed by atoms with Crippen LogP contribution in [0.3, 0.4) is 0 Å². The highest BCUT2D eigenvalue weighted by Crippen LogP contribution is 2.14. The lowest BCUT2D eigenvalue weighted by molar-refractivity contribution is -0.0192. The Labute approximate surface area is 212 Å². The van der Waals surface area contributed by atoms with Gasteiger partial charge in [0.25, 0.3) is 10.1 Å². The van der Waals surface area contributed by atoms with Crippen LogP contribution >= 0.6 is 15.9 Å². The van der Waals surface area contributed by atoms with Gasteiger partial charge in [0, 0.05) is 5.33 Å². The average molecular weight is 558 g/mol. The summed E-state index contributed by atoms with van der Waals surface area (Å²) in [7, 11) is -3.83. The number of hydrogen-bond acceptors (Lipinski definition) is 7. The van der Waals surface area contributed by atoms with Crippen molar-refractivity contribution in [2.75, 3.05) is 51.6 Å². The van der Waals surface area contributed by atoms with E-state index in [0.717, 1.165) is 10.9 Å². The molecule has 0 aromatic heterocycles. The van der Waals surface area contributed by atoms with Crippen LogP contribution in [0, 0.1) is 31.6 Å². The summed E-state index contributed by atoms with van der Waals surface area (Å²) in [6.07, 6.45) is 12.9. The highest BCUT2D eigenvalue weighted by molar-refractivity contribution is 9.09. The number of hydrogen-bond donors (Lipinski definition) is 0. The van der Waals surface area contributed by atoms with Crippen molar-refractivity contribution in [1.29, 1.82) is 0 Å². The molecule has 0 aliphatic heterocycles. The Morgan fingerprint density at radius 3 is 1.91 bits per heavy atom. The minimum absolute atomic E-state index is 0.0522. The number of aryl methyl sites for hydroxylation is 1. The molecule has 1 aromatic carbocycles. The van der Waals surface area contributed by atoms with Gasteiger partial charge in [0.05, 0.1) is 44.0 Å². The molecular weight excluding hydrogens is 524 g/mol. The fourth-order valence-electron chi connectivity index (χ4n) is 2.13. The fourth-order valence-corrected chi connectivity index (χ4v) is 3.44. The molecule has 0 aliphatic rings. The van der Waals surface area contributed by atoms with Crippen LogP contribution in [0.15, 0.2) is 54.5 Å². The fraction of sp³-hybridized carbons (Fsp3) is 0.440. The van der Waals surface area contributed by atoms with E-state index in [1.165, 1.54) is 12.1 Å². The quantitative estimate of drug-likeness (QED) is 0.0954. The van der Waals surface area contributed by atoms with Gasteiger partial charge in [-0.3, -0.25) is 4.18 Å². The molecule has 0 radical (unpaired) electrons. The predicted molar refractivity (Wildman–Crippen MR) is 137 cm³/mol. The zero-order valence-electron chi connectivity index (χ0n) is 19.5. The van der Waals surface area contributed by atoms with E-state index in [2.05, 4.69) is 40.9 Å². The summed E-state index contributed by atoms with van der Waals surface area (Å²) in [6, 6.07) is 6.41. The summed E-state index contributed by atoms with van der Waals surface area (Å²) in [5, 5.41) is 0.741. The Hall–Kier alpha value is -1.95. The summed E-state index contributed by atoms with van der Waals surface area (Å²) in [6.45, 7) is 10.7. The van der Waals surface area contributed by atoms with E-state index in [1.807, 2.05) is 6.92 Å². The van der Waals surface area contributed by atoms with E-state index < -0.39 is 16.2 Å². The number of halogens is 1. The standard InChI is InChI=1S/C16H20O5S.C9H13BrO2/c1-4-10-19-12-15(20-11-5-2)13-21-22(17,18)16-8-6-14(3)7-9-16;1-3-5-11-8-9(7-10)12-6-4-2/h1,5-9,15H,2,10-13H2,3H3;1,4,9H,2,5-8H2/t15-;9-/m10/s1. The maximum atomic E-state index is 12.1. The van der Waals surface area contributed by atoms with Crippen LogP contribution in [-0.4, -0.2) is 72.2 Å². The van der Waals surface area contributed by atoms with Gasteiger partial charge < -0.3 is 18.9 Å². The molecular formula is C25H33BrO7S. The Morgan fingerprint density at radius 2 is 1.44 bits per heavy atom. The number of alkyl halides is 1. The van der Waals surface area contributed by atoms with Crippen LogP contribution in [0.25, 0.3) is 0 Å². The Morgan fingerprint density at radius 1 is 0.941 bits per heavy atom. The van der Waals surface area contributed by atoms with Crippen LogP contribution in [0.4, 0.5) is 0 Å². The van der Waals surface area contributed by atoms with E-state index >= 15 is 0 Å². The second kappa shape index (κ2) is 20.4.